The van der Waals surface area contributed by atoms with E-state index in [0.29, 0.717) is 11.3 Å². The lowest BCUT2D eigenvalue weighted by molar-refractivity contribution is -0.189. The van der Waals surface area contributed by atoms with E-state index in [0.717, 1.165) is 19.3 Å². The highest BCUT2D eigenvalue weighted by Gasteiger charge is 2.68. The minimum atomic E-state index is -4.60. The van der Waals surface area contributed by atoms with Gasteiger partial charge in [-0.05, 0) is 31.6 Å². The number of hydrogen-bond acceptors (Lipinski definition) is 2. The van der Waals surface area contributed by atoms with E-state index >= 15 is 0 Å². The summed E-state index contributed by atoms with van der Waals surface area (Å²) in [6.45, 7) is 0. The molecule has 0 saturated heterocycles. The van der Waals surface area contributed by atoms with Crippen molar-refractivity contribution < 1.29 is 26.7 Å². The molecule has 144 valence electrons. The molecule has 0 unspecified atom stereocenters. The molecule has 1 heterocycles. The first-order valence-corrected chi connectivity index (χ1v) is 8.87. The summed E-state index contributed by atoms with van der Waals surface area (Å²) in [6.07, 6.45) is -2.99. The largest absolute Gasteiger partial charge is 0.403 e. The van der Waals surface area contributed by atoms with Gasteiger partial charge < -0.3 is 5.32 Å². The van der Waals surface area contributed by atoms with Gasteiger partial charge in [0.15, 0.2) is 5.82 Å². The first-order chi connectivity index (χ1) is 12.0. The van der Waals surface area contributed by atoms with Crippen molar-refractivity contribution in [2.45, 2.75) is 68.9 Å². The molecule has 1 aromatic rings. The van der Waals surface area contributed by atoms with E-state index < -0.39 is 23.4 Å². The van der Waals surface area contributed by atoms with E-state index in [-0.39, 0.29) is 43.3 Å². The second-order valence-electron chi connectivity index (χ2n) is 7.89. The molecular weight excluding hydrogens is 357 g/mol. The number of alkyl halides is 5. The van der Waals surface area contributed by atoms with Crippen molar-refractivity contribution in [3.8, 4) is 0 Å². The lowest BCUT2D eigenvalue weighted by Crippen LogP contribution is -2.37. The summed E-state index contributed by atoms with van der Waals surface area (Å²) in [6, 6.07) is 0. The van der Waals surface area contributed by atoms with Crippen LogP contribution in [0.4, 0.5) is 27.8 Å². The van der Waals surface area contributed by atoms with Gasteiger partial charge in [-0.15, -0.1) is 0 Å². The molecule has 0 aliphatic heterocycles. The predicted octanol–water partition coefficient (Wildman–Crippen LogP) is 4.48. The number of rotatable bonds is 4. The Kier molecular flexibility index (Phi) is 3.70. The number of halogens is 5. The summed E-state index contributed by atoms with van der Waals surface area (Å²) in [5.41, 5.74) is -1.04. The molecule has 1 N–H and O–H groups in total. The van der Waals surface area contributed by atoms with Crippen molar-refractivity contribution >= 4 is 11.7 Å². The van der Waals surface area contributed by atoms with E-state index in [1.165, 1.54) is 4.68 Å². The highest BCUT2D eigenvalue weighted by atomic mass is 19.4. The molecule has 4 rings (SSSR count). The summed E-state index contributed by atoms with van der Waals surface area (Å²) < 4.78 is 67.6. The van der Waals surface area contributed by atoms with Crippen molar-refractivity contribution in [2.24, 2.45) is 12.5 Å². The fourth-order valence-electron chi connectivity index (χ4n) is 4.08. The van der Waals surface area contributed by atoms with Crippen LogP contribution in [0.5, 0.6) is 0 Å². The summed E-state index contributed by atoms with van der Waals surface area (Å²) in [4.78, 5) is 12.3. The van der Waals surface area contributed by atoms with Gasteiger partial charge in [0.1, 0.15) is 5.41 Å². The third kappa shape index (κ3) is 2.62. The maximum Gasteiger partial charge on any atom is 0.403 e. The van der Waals surface area contributed by atoms with Gasteiger partial charge in [-0.1, -0.05) is 6.42 Å². The molecule has 0 aromatic carbocycles. The van der Waals surface area contributed by atoms with Gasteiger partial charge in [-0.25, -0.2) is 8.78 Å². The fraction of sp³-hybridized carbons (Fsp3) is 0.765. The molecule has 1 aromatic heterocycles. The first-order valence-electron chi connectivity index (χ1n) is 8.87. The number of carbonyl (C=O) groups is 1. The van der Waals surface area contributed by atoms with Crippen LogP contribution in [-0.4, -0.2) is 27.8 Å². The van der Waals surface area contributed by atoms with Crippen molar-refractivity contribution in [1.82, 2.24) is 9.78 Å². The van der Waals surface area contributed by atoms with Crippen LogP contribution in [0.15, 0.2) is 0 Å². The van der Waals surface area contributed by atoms with Crippen LogP contribution >= 0.6 is 0 Å². The van der Waals surface area contributed by atoms with Gasteiger partial charge in [0.05, 0.1) is 0 Å². The molecule has 9 heteroatoms. The minimum Gasteiger partial charge on any atom is -0.308 e. The Labute approximate surface area is 147 Å². The highest BCUT2D eigenvalue weighted by molar-refractivity contribution is 5.97. The normalized spacial score (nSPS) is 24.7. The van der Waals surface area contributed by atoms with E-state index in [2.05, 4.69) is 10.4 Å². The molecule has 3 fully saturated rings. The Balaban J connectivity index is 1.63. The molecule has 1 amide bonds. The Morgan fingerprint density at radius 3 is 2.23 bits per heavy atom. The number of nitrogens with zero attached hydrogens (tertiary/aromatic N) is 2. The number of carbonyl (C=O) groups excluding carboxylic acids is 1. The summed E-state index contributed by atoms with van der Waals surface area (Å²) >= 11 is 0. The minimum absolute atomic E-state index is 0.0595. The molecule has 26 heavy (non-hydrogen) atoms. The van der Waals surface area contributed by atoms with Crippen molar-refractivity contribution in [3.63, 3.8) is 0 Å². The first kappa shape index (κ1) is 17.7. The maximum absolute atomic E-state index is 13.3. The molecule has 3 saturated carbocycles. The Morgan fingerprint density at radius 2 is 1.81 bits per heavy atom. The second-order valence-corrected chi connectivity index (χ2v) is 7.89. The average molecular weight is 377 g/mol. The van der Waals surface area contributed by atoms with E-state index in [4.69, 9.17) is 0 Å². The van der Waals surface area contributed by atoms with Crippen LogP contribution in [0.2, 0.25) is 0 Å². The van der Waals surface area contributed by atoms with Crippen LogP contribution in [0.25, 0.3) is 0 Å². The summed E-state index contributed by atoms with van der Waals surface area (Å²) in [5.74, 6) is -3.99. The fourth-order valence-corrected chi connectivity index (χ4v) is 4.08. The zero-order chi connectivity index (χ0) is 18.9. The second kappa shape index (κ2) is 5.42. The van der Waals surface area contributed by atoms with Crippen molar-refractivity contribution in [2.75, 3.05) is 5.32 Å². The molecule has 0 spiro atoms. The predicted molar refractivity (Wildman–Crippen MR) is 83.1 cm³/mol. The highest BCUT2D eigenvalue weighted by Crippen LogP contribution is 2.58. The molecule has 4 nitrogen and oxygen atoms in total. The van der Waals surface area contributed by atoms with Gasteiger partial charge in [-0.2, -0.15) is 18.3 Å². The van der Waals surface area contributed by atoms with Gasteiger partial charge in [-0.3, -0.25) is 9.48 Å². The number of nitrogens with one attached hydrogen (secondary N) is 1. The molecule has 0 atom stereocenters. The third-order valence-corrected chi connectivity index (χ3v) is 6.08. The number of anilines is 1. The van der Waals surface area contributed by atoms with E-state index in [9.17, 15) is 26.7 Å². The SMILES string of the molecule is Cn1nc(NC(=O)C2(C(F)(F)F)CC2)c(C2CCC2)c1C1CC(F)(F)C1. The van der Waals surface area contributed by atoms with Gasteiger partial charge >= 0.3 is 6.18 Å². The number of hydrogen-bond donors (Lipinski definition) is 1. The zero-order valence-electron chi connectivity index (χ0n) is 14.3. The monoisotopic (exact) mass is 377 g/mol. The van der Waals surface area contributed by atoms with Crippen LogP contribution in [0.3, 0.4) is 0 Å². The summed E-state index contributed by atoms with van der Waals surface area (Å²) in [5, 5.41) is 6.58. The van der Waals surface area contributed by atoms with E-state index in [1.54, 1.807) is 7.05 Å². The smallest absolute Gasteiger partial charge is 0.308 e. The van der Waals surface area contributed by atoms with Crippen molar-refractivity contribution in [1.29, 1.82) is 0 Å². The summed E-state index contributed by atoms with van der Waals surface area (Å²) in [7, 11) is 1.60. The number of aromatic nitrogens is 2. The van der Waals surface area contributed by atoms with Crippen LogP contribution in [0.1, 0.15) is 68.0 Å². The molecule has 0 bridgehead atoms. The maximum atomic E-state index is 13.3. The lowest BCUT2D eigenvalue weighted by Gasteiger charge is -2.37. The number of aryl methyl sites for hydroxylation is 1. The number of amides is 1. The van der Waals surface area contributed by atoms with Crippen LogP contribution in [-0.2, 0) is 11.8 Å². The Morgan fingerprint density at radius 1 is 1.19 bits per heavy atom. The molecular formula is C17H20F5N3O. The lowest BCUT2D eigenvalue weighted by atomic mass is 9.72. The molecule has 3 aliphatic rings. The average Bonchev–Trinajstić information content (AvgIpc) is 3.18. The molecule has 3 aliphatic carbocycles. The van der Waals surface area contributed by atoms with Crippen molar-refractivity contribution in [3.05, 3.63) is 11.3 Å². The van der Waals surface area contributed by atoms with Gasteiger partial charge in [0.2, 0.25) is 11.8 Å². The zero-order valence-corrected chi connectivity index (χ0v) is 14.3. The van der Waals surface area contributed by atoms with Gasteiger partial charge in [0, 0.05) is 37.1 Å². The Bertz CT molecular complexity index is 738. The molecule has 0 radical (unpaired) electrons. The van der Waals surface area contributed by atoms with Crippen LogP contribution < -0.4 is 5.32 Å². The Hall–Kier alpha value is -1.67. The van der Waals surface area contributed by atoms with Gasteiger partial charge in [0.25, 0.3) is 0 Å². The standard InChI is InChI=1S/C17H20F5N3O/c1-25-12(10-7-16(18,19)8-10)11(9-3-2-4-9)13(24-25)23-14(26)15(5-6-15)17(20,21)22/h9-10H,2-8H2,1H3,(H,23,24,26). The topological polar surface area (TPSA) is 46.9 Å². The van der Waals surface area contributed by atoms with E-state index in [1.807, 2.05) is 0 Å². The third-order valence-electron chi connectivity index (χ3n) is 6.08. The quantitative estimate of drug-likeness (QED) is 0.787. The van der Waals surface area contributed by atoms with Crippen LogP contribution in [0, 0.1) is 5.41 Å².